The number of imidazole rings is 1. The van der Waals surface area contributed by atoms with E-state index in [0.29, 0.717) is 40.8 Å². The number of amides is 1. The second kappa shape index (κ2) is 15.3. The maximum absolute atomic E-state index is 12.4. The fourth-order valence-electron chi connectivity index (χ4n) is 4.81. The lowest BCUT2D eigenvalue weighted by molar-refractivity contribution is 0.0696. The summed E-state index contributed by atoms with van der Waals surface area (Å²) < 4.78 is 12.3. The summed E-state index contributed by atoms with van der Waals surface area (Å²) in [6, 6.07) is 17.3. The molecule has 0 aliphatic rings. The van der Waals surface area contributed by atoms with Crippen molar-refractivity contribution in [1.29, 1.82) is 0 Å². The Morgan fingerprint density at radius 1 is 0.889 bits per heavy atom. The number of carbonyl (C=O) groups is 2. The third kappa shape index (κ3) is 7.74. The summed E-state index contributed by atoms with van der Waals surface area (Å²) in [5, 5.41) is 12.6. The molecule has 0 fully saturated rings. The summed E-state index contributed by atoms with van der Waals surface area (Å²) in [5.41, 5.74) is 21.8. The number of benzene rings is 3. The molecular formula is C32H37BN7O5. The van der Waals surface area contributed by atoms with Crippen molar-refractivity contribution in [3.63, 3.8) is 0 Å². The van der Waals surface area contributed by atoms with Gasteiger partial charge < -0.3 is 41.7 Å². The highest BCUT2D eigenvalue weighted by Gasteiger charge is 2.16. The lowest BCUT2D eigenvalue weighted by Gasteiger charge is -2.11. The normalized spacial score (nSPS) is 10.5. The number of carbonyl (C=O) groups excluding carboxylic acids is 1. The molecule has 3 aromatic carbocycles. The minimum Gasteiger partial charge on any atom is -0.495 e. The molecule has 3 radical (unpaired) electrons. The lowest BCUT2D eigenvalue weighted by atomic mass is 10.1. The van der Waals surface area contributed by atoms with E-state index in [9.17, 15) is 9.59 Å². The highest BCUT2D eigenvalue weighted by atomic mass is 16.5. The number of nitrogens with two attached hydrogens (primary N) is 3. The van der Waals surface area contributed by atoms with Crippen molar-refractivity contribution in [1.82, 2.24) is 19.9 Å². The Hall–Kier alpha value is -5.46. The first-order valence-corrected chi connectivity index (χ1v) is 14.1. The van der Waals surface area contributed by atoms with Crippen LogP contribution < -0.4 is 32.0 Å². The van der Waals surface area contributed by atoms with E-state index in [1.165, 1.54) is 32.4 Å². The molecule has 8 N–H and O–H groups in total. The van der Waals surface area contributed by atoms with E-state index in [4.69, 9.17) is 36.8 Å². The molecule has 2 heterocycles. The molecule has 5 aromatic rings. The zero-order valence-electron chi connectivity index (χ0n) is 25.5. The van der Waals surface area contributed by atoms with E-state index in [-0.39, 0.29) is 19.9 Å². The first kappa shape index (κ1) is 34.0. The van der Waals surface area contributed by atoms with Gasteiger partial charge in [0.2, 0.25) is 0 Å². The maximum Gasteiger partial charge on any atom is 0.335 e. The van der Waals surface area contributed by atoms with Crippen LogP contribution in [0.4, 0.5) is 17.2 Å². The van der Waals surface area contributed by atoms with Crippen molar-refractivity contribution in [3.05, 3.63) is 77.6 Å². The number of rotatable bonds is 10. The number of aryl methyl sites for hydroxylation is 2. The molecule has 1 amide bonds. The number of nitrogens with zero attached hydrogens (tertiary/aromatic N) is 3. The van der Waals surface area contributed by atoms with Crippen LogP contribution in [0.3, 0.4) is 0 Å². The number of aromatic nitrogens is 3. The van der Waals surface area contributed by atoms with Gasteiger partial charge in [-0.3, -0.25) is 4.79 Å². The predicted molar refractivity (Wildman–Crippen MR) is 178 cm³/mol. The van der Waals surface area contributed by atoms with Gasteiger partial charge in [0.25, 0.3) is 5.91 Å². The van der Waals surface area contributed by atoms with Crippen LogP contribution in [0.1, 0.15) is 46.3 Å². The van der Waals surface area contributed by atoms with E-state index in [2.05, 4.69) is 27.9 Å². The zero-order chi connectivity index (χ0) is 31.8. The van der Waals surface area contributed by atoms with E-state index in [0.717, 1.165) is 53.6 Å². The number of aromatic carboxylic acids is 1. The van der Waals surface area contributed by atoms with Crippen LogP contribution in [0.15, 0.2) is 60.7 Å². The largest absolute Gasteiger partial charge is 0.495 e. The standard InChI is InChI=1S/C24H28N6O2.C8H9NO3.B/c1-3-20-29-21-22(16-8-4-5-9-18(16)28-23(21)26)30(20)13-7-6-12-27-24(31)15-10-11-17(25)19(14-15)32-2;1-12-7-4-5(8(10)11)2-3-6(7)9;/h4-5,8-11,14H,3,6-7,12-13,25H2,1-2H3,(H2,26,28)(H,27,31);2-4H,9H2,1H3,(H,10,11);. The molecule has 0 unspecified atom stereocenters. The molecule has 45 heavy (non-hydrogen) atoms. The summed E-state index contributed by atoms with van der Waals surface area (Å²) in [7, 11) is 2.97. The topological polar surface area (TPSA) is 194 Å². The van der Waals surface area contributed by atoms with Gasteiger partial charge in [0, 0.05) is 38.9 Å². The minimum absolute atomic E-state index is 0. The highest BCUT2D eigenvalue weighted by Crippen LogP contribution is 2.29. The molecule has 2 aromatic heterocycles. The van der Waals surface area contributed by atoms with Gasteiger partial charge in [-0.15, -0.1) is 0 Å². The number of carboxylic acid groups (broad SMARTS) is 1. The molecule has 0 saturated heterocycles. The molecule has 0 aliphatic heterocycles. The molecule has 0 bridgehead atoms. The molecule has 0 aliphatic carbocycles. The lowest BCUT2D eigenvalue weighted by Crippen LogP contribution is -2.24. The second-order valence-electron chi connectivity index (χ2n) is 9.93. The quantitative estimate of drug-likeness (QED) is 0.0872. The molecule has 12 nitrogen and oxygen atoms in total. The smallest absolute Gasteiger partial charge is 0.335 e. The van der Waals surface area contributed by atoms with Crippen LogP contribution in [0.5, 0.6) is 11.5 Å². The van der Waals surface area contributed by atoms with Crippen molar-refractivity contribution in [2.45, 2.75) is 32.7 Å². The SMILES string of the molecule is CCc1nc2c(N)nc3ccccc3c2n1CCCCNC(=O)c1ccc(N)c(OC)c1.COc1cc(C(=O)O)ccc1N.[B]. The molecular weight excluding hydrogens is 573 g/mol. The van der Waals surface area contributed by atoms with E-state index in [1.54, 1.807) is 18.2 Å². The Bertz CT molecular complexity index is 1810. The Morgan fingerprint density at radius 2 is 1.51 bits per heavy atom. The Labute approximate surface area is 263 Å². The number of para-hydroxylation sites is 1. The molecule has 5 rings (SSSR count). The van der Waals surface area contributed by atoms with Crippen molar-refractivity contribution >= 4 is 59.4 Å². The van der Waals surface area contributed by atoms with Gasteiger partial charge in [-0.1, -0.05) is 25.1 Å². The Morgan fingerprint density at radius 3 is 2.13 bits per heavy atom. The van der Waals surface area contributed by atoms with E-state index >= 15 is 0 Å². The third-order valence-corrected chi connectivity index (χ3v) is 7.08. The predicted octanol–water partition coefficient (Wildman–Crippen LogP) is 4.12. The fourth-order valence-corrected chi connectivity index (χ4v) is 4.81. The number of unbranched alkanes of at least 4 members (excludes halogenated alkanes) is 1. The number of hydrogen-bond acceptors (Lipinski definition) is 9. The van der Waals surface area contributed by atoms with Crippen LogP contribution in [-0.4, -0.2) is 60.7 Å². The number of nitrogen functional groups attached to an aromatic ring is 3. The van der Waals surface area contributed by atoms with Gasteiger partial charge in [0.15, 0.2) is 5.82 Å². The number of fused-ring (bicyclic) bond motifs is 3. The van der Waals surface area contributed by atoms with Crippen LogP contribution in [-0.2, 0) is 13.0 Å². The van der Waals surface area contributed by atoms with Gasteiger partial charge in [0.05, 0.1) is 42.2 Å². The fraction of sp³-hybridized carbons (Fsp3) is 0.250. The summed E-state index contributed by atoms with van der Waals surface area (Å²) in [4.78, 5) is 32.2. The van der Waals surface area contributed by atoms with Crippen molar-refractivity contribution in [2.24, 2.45) is 0 Å². The summed E-state index contributed by atoms with van der Waals surface area (Å²) >= 11 is 0. The first-order valence-electron chi connectivity index (χ1n) is 14.1. The maximum atomic E-state index is 12.4. The molecule has 13 heteroatoms. The van der Waals surface area contributed by atoms with Crippen LogP contribution in [0, 0.1) is 0 Å². The van der Waals surface area contributed by atoms with E-state index < -0.39 is 5.97 Å². The van der Waals surface area contributed by atoms with Gasteiger partial charge in [-0.2, -0.15) is 0 Å². The zero-order valence-corrected chi connectivity index (χ0v) is 25.5. The average Bonchev–Trinajstić information content (AvgIpc) is 3.41. The summed E-state index contributed by atoms with van der Waals surface area (Å²) in [6.07, 6.45) is 2.53. The number of nitrogens with one attached hydrogen (secondary N) is 1. The third-order valence-electron chi connectivity index (χ3n) is 7.08. The van der Waals surface area contributed by atoms with Gasteiger partial charge >= 0.3 is 5.97 Å². The Balaban J connectivity index is 0.000000359. The van der Waals surface area contributed by atoms with E-state index in [1.807, 2.05) is 18.2 Å². The average molecular weight is 611 g/mol. The first-order chi connectivity index (χ1) is 21.2. The highest BCUT2D eigenvalue weighted by molar-refractivity contribution is 6.06. The van der Waals surface area contributed by atoms with Crippen LogP contribution in [0.2, 0.25) is 0 Å². The number of anilines is 3. The second-order valence-corrected chi connectivity index (χ2v) is 9.93. The molecule has 0 saturated carbocycles. The minimum atomic E-state index is -0.992. The number of ether oxygens (including phenoxy) is 2. The number of carboxylic acids is 1. The number of methoxy groups -OCH3 is 2. The number of hydrogen-bond donors (Lipinski definition) is 5. The van der Waals surface area contributed by atoms with Crippen molar-refractivity contribution in [2.75, 3.05) is 38.0 Å². The van der Waals surface area contributed by atoms with Gasteiger partial charge in [-0.05, 0) is 55.3 Å². The van der Waals surface area contributed by atoms with Crippen molar-refractivity contribution in [3.8, 4) is 11.5 Å². The molecule has 233 valence electrons. The van der Waals surface area contributed by atoms with Gasteiger partial charge in [-0.25, -0.2) is 14.8 Å². The Kier molecular flexibility index (Phi) is 11.6. The van der Waals surface area contributed by atoms with Gasteiger partial charge in [0.1, 0.15) is 22.8 Å². The molecule has 0 spiro atoms. The summed E-state index contributed by atoms with van der Waals surface area (Å²) in [6.45, 7) is 3.45. The van der Waals surface area contributed by atoms with Crippen molar-refractivity contribution < 1.29 is 24.2 Å². The summed E-state index contributed by atoms with van der Waals surface area (Å²) in [5.74, 6) is 1.19. The monoisotopic (exact) mass is 610 g/mol. The molecule has 0 atom stereocenters. The number of pyridine rings is 1. The van der Waals surface area contributed by atoms with Crippen LogP contribution >= 0.6 is 0 Å². The van der Waals surface area contributed by atoms with Crippen LogP contribution in [0.25, 0.3) is 21.9 Å².